The second-order valence-electron chi connectivity index (χ2n) is 9.40. The number of anilines is 1. The average Bonchev–Trinajstić information content (AvgIpc) is 3.34. The number of aryl methyl sites for hydroxylation is 2. The summed E-state index contributed by atoms with van der Waals surface area (Å²) >= 11 is 1.57. The standard InChI is InChI=1S/C23H29NO2S/c1-22(2)10-11-23(3,25)18-13-19(26-21(18)22)27-24-20-16-8-4-6-14(16)12-15-7-5-9-17(15)20/h12-13,24-25H,4-11H2,1-3H3. The largest absolute Gasteiger partial charge is 0.452 e. The highest BCUT2D eigenvalue weighted by molar-refractivity contribution is 8.00. The fraction of sp³-hybridized carbons (Fsp3) is 0.565. The Bertz CT molecular complexity index is 844. The Morgan fingerprint density at radius 2 is 1.63 bits per heavy atom. The van der Waals surface area contributed by atoms with Crippen LogP contribution < -0.4 is 4.72 Å². The van der Waals surface area contributed by atoms with Gasteiger partial charge >= 0.3 is 0 Å². The molecule has 0 spiro atoms. The van der Waals surface area contributed by atoms with Crippen molar-refractivity contribution in [2.24, 2.45) is 0 Å². The van der Waals surface area contributed by atoms with Crippen LogP contribution in [0.1, 0.15) is 80.0 Å². The van der Waals surface area contributed by atoms with Crippen molar-refractivity contribution in [3.05, 3.63) is 45.7 Å². The van der Waals surface area contributed by atoms with Crippen molar-refractivity contribution in [2.75, 3.05) is 4.72 Å². The van der Waals surface area contributed by atoms with Crippen LogP contribution in [0.5, 0.6) is 0 Å². The van der Waals surface area contributed by atoms with Crippen molar-refractivity contribution in [3.8, 4) is 0 Å². The van der Waals surface area contributed by atoms with Crippen LogP contribution in [0.4, 0.5) is 5.69 Å². The van der Waals surface area contributed by atoms with Gasteiger partial charge in [-0.05, 0) is 86.6 Å². The van der Waals surface area contributed by atoms with E-state index in [0.29, 0.717) is 0 Å². The highest BCUT2D eigenvalue weighted by atomic mass is 32.2. The van der Waals surface area contributed by atoms with Gasteiger partial charge < -0.3 is 14.2 Å². The number of rotatable bonds is 3. The van der Waals surface area contributed by atoms with Gasteiger partial charge in [0.15, 0.2) is 5.09 Å². The lowest BCUT2D eigenvalue weighted by molar-refractivity contribution is 0.0230. The summed E-state index contributed by atoms with van der Waals surface area (Å²) in [5.41, 5.74) is 7.63. The van der Waals surface area contributed by atoms with Crippen LogP contribution >= 0.6 is 11.9 Å². The molecule has 5 rings (SSSR count). The van der Waals surface area contributed by atoms with Crippen molar-refractivity contribution < 1.29 is 9.52 Å². The quantitative estimate of drug-likeness (QED) is 0.672. The SMILES string of the molecule is CC1(C)CCC(C)(O)c2cc(SNc3c4c(cc5c3CCC5)CCC4)oc21. The Balaban J connectivity index is 1.47. The summed E-state index contributed by atoms with van der Waals surface area (Å²) in [5.74, 6) is 0.951. The van der Waals surface area contributed by atoms with Crippen LogP contribution in [0, 0.1) is 0 Å². The van der Waals surface area contributed by atoms with E-state index in [1.54, 1.807) is 23.1 Å². The summed E-state index contributed by atoms with van der Waals surface area (Å²) in [6.07, 6.45) is 9.06. The van der Waals surface area contributed by atoms with Gasteiger partial charge in [-0.3, -0.25) is 0 Å². The van der Waals surface area contributed by atoms with E-state index in [1.165, 1.54) is 55.3 Å². The minimum atomic E-state index is -0.789. The van der Waals surface area contributed by atoms with Crippen molar-refractivity contribution in [1.82, 2.24) is 0 Å². The van der Waals surface area contributed by atoms with Gasteiger partial charge in [-0.15, -0.1) is 0 Å². The monoisotopic (exact) mass is 383 g/mol. The number of hydrogen-bond donors (Lipinski definition) is 2. The fourth-order valence-electron chi connectivity index (χ4n) is 5.17. The summed E-state index contributed by atoms with van der Waals surface area (Å²) in [6.45, 7) is 6.34. The number of aliphatic hydroxyl groups is 1. The van der Waals surface area contributed by atoms with E-state index >= 15 is 0 Å². The van der Waals surface area contributed by atoms with Crippen LogP contribution in [0.3, 0.4) is 0 Å². The molecule has 2 aromatic rings. The first-order valence-electron chi connectivity index (χ1n) is 10.3. The molecule has 0 saturated heterocycles. The second-order valence-corrected chi connectivity index (χ2v) is 10.2. The number of furan rings is 1. The summed E-state index contributed by atoms with van der Waals surface area (Å²) in [4.78, 5) is 0. The normalized spacial score (nSPS) is 25.2. The Morgan fingerprint density at radius 3 is 2.26 bits per heavy atom. The molecule has 4 heteroatoms. The average molecular weight is 384 g/mol. The molecule has 1 aromatic heterocycles. The Hall–Kier alpha value is -1.39. The molecule has 3 aliphatic carbocycles. The first kappa shape index (κ1) is 17.7. The maximum absolute atomic E-state index is 10.8. The van der Waals surface area contributed by atoms with E-state index in [-0.39, 0.29) is 5.41 Å². The molecule has 27 heavy (non-hydrogen) atoms. The number of hydrogen-bond acceptors (Lipinski definition) is 4. The highest BCUT2D eigenvalue weighted by Gasteiger charge is 2.42. The van der Waals surface area contributed by atoms with Gasteiger partial charge in [-0.25, -0.2) is 0 Å². The molecule has 0 amide bonds. The lowest BCUT2D eigenvalue weighted by atomic mass is 9.71. The second kappa shape index (κ2) is 6.05. The predicted molar refractivity (Wildman–Crippen MR) is 111 cm³/mol. The van der Waals surface area contributed by atoms with E-state index in [2.05, 4.69) is 30.7 Å². The van der Waals surface area contributed by atoms with E-state index in [4.69, 9.17) is 4.42 Å². The Labute approximate surface area is 166 Å². The molecule has 3 aliphatic rings. The zero-order valence-electron chi connectivity index (χ0n) is 16.6. The van der Waals surface area contributed by atoms with Gasteiger partial charge in [0.05, 0.1) is 11.3 Å². The molecule has 0 saturated carbocycles. The maximum Gasteiger partial charge on any atom is 0.181 e. The van der Waals surface area contributed by atoms with E-state index in [1.807, 2.05) is 6.92 Å². The van der Waals surface area contributed by atoms with Crippen molar-refractivity contribution in [3.63, 3.8) is 0 Å². The Kier molecular flexibility index (Phi) is 3.97. The van der Waals surface area contributed by atoms with Crippen molar-refractivity contribution in [2.45, 2.75) is 88.2 Å². The molecule has 1 atom stereocenters. The number of nitrogens with one attached hydrogen (secondary N) is 1. The molecule has 0 radical (unpaired) electrons. The number of benzene rings is 1. The van der Waals surface area contributed by atoms with E-state index in [0.717, 1.165) is 29.3 Å². The van der Waals surface area contributed by atoms with Crippen LogP contribution in [0.25, 0.3) is 0 Å². The molecule has 1 heterocycles. The molecule has 3 nitrogen and oxygen atoms in total. The van der Waals surface area contributed by atoms with Gasteiger partial charge in [0.2, 0.25) is 0 Å². The molecule has 0 aliphatic heterocycles. The minimum Gasteiger partial charge on any atom is -0.452 e. The van der Waals surface area contributed by atoms with E-state index in [9.17, 15) is 5.11 Å². The summed E-state index contributed by atoms with van der Waals surface area (Å²) < 4.78 is 9.92. The van der Waals surface area contributed by atoms with Crippen LogP contribution in [-0.2, 0) is 36.7 Å². The summed E-state index contributed by atoms with van der Waals surface area (Å²) in [6, 6.07) is 4.52. The van der Waals surface area contributed by atoms with Gasteiger partial charge in [0.25, 0.3) is 0 Å². The van der Waals surface area contributed by atoms with Crippen molar-refractivity contribution >= 4 is 17.6 Å². The van der Waals surface area contributed by atoms with Gasteiger partial charge in [0, 0.05) is 22.9 Å². The third-order valence-corrected chi connectivity index (χ3v) is 7.58. The molecular formula is C23H29NO2S. The maximum atomic E-state index is 10.8. The summed E-state index contributed by atoms with van der Waals surface area (Å²) in [5, 5.41) is 11.7. The highest BCUT2D eigenvalue weighted by Crippen LogP contribution is 2.48. The van der Waals surface area contributed by atoms with Gasteiger partial charge in [0.1, 0.15) is 5.76 Å². The number of fused-ring (bicyclic) bond motifs is 3. The first-order chi connectivity index (χ1) is 12.9. The zero-order valence-corrected chi connectivity index (χ0v) is 17.4. The minimum absolute atomic E-state index is 0.0222. The molecule has 0 fully saturated rings. The predicted octanol–water partition coefficient (Wildman–Crippen LogP) is 5.66. The van der Waals surface area contributed by atoms with Gasteiger partial charge in [-0.1, -0.05) is 19.9 Å². The molecule has 0 bridgehead atoms. The van der Waals surface area contributed by atoms with Crippen LogP contribution in [-0.4, -0.2) is 5.11 Å². The molecule has 1 unspecified atom stereocenters. The van der Waals surface area contributed by atoms with Crippen LogP contribution in [0.15, 0.2) is 21.6 Å². The third kappa shape index (κ3) is 2.84. The Morgan fingerprint density at radius 1 is 0.963 bits per heavy atom. The lowest BCUT2D eigenvalue weighted by Crippen LogP contribution is -2.34. The van der Waals surface area contributed by atoms with Crippen LogP contribution in [0.2, 0.25) is 0 Å². The molecule has 2 N–H and O–H groups in total. The van der Waals surface area contributed by atoms with E-state index < -0.39 is 5.60 Å². The topological polar surface area (TPSA) is 45.4 Å². The molecule has 1 aromatic carbocycles. The van der Waals surface area contributed by atoms with Gasteiger partial charge in [-0.2, -0.15) is 0 Å². The molecular weight excluding hydrogens is 354 g/mol. The molecule has 144 valence electrons. The summed E-state index contributed by atoms with van der Waals surface area (Å²) in [7, 11) is 0. The lowest BCUT2D eigenvalue weighted by Gasteiger charge is -2.36. The smallest absolute Gasteiger partial charge is 0.181 e. The zero-order chi connectivity index (χ0) is 18.8. The first-order valence-corrected chi connectivity index (χ1v) is 11.1. The van der Waals surface area contributed by atoms with Crippen molar-refractivity contribution in [1.29, 1.82) is 0 Å². The fourth-order valence-corrected chi connectivity index (χ4v) is 5.92. The third-order valence-electron chi connectivity index (χ3n) is 6.87.